The second-order valence-corrected chi connectivity index (χ2v) is 8.50. The number of aliphatic hydroxyl groups is 1. The molecule has 1 aliphatic heterocycles. The van der Waals surface area contributed by atoms with Crippen LogP contribution in [-0.2, 0) is 6.18 Å². The predicted octanol–water partition coefficient (Wildman–Crippen LogP) is 4.12. The summed E-state index contributed by atoms with van der Waals surface area (Å²) in [6.45, 7) is 4.05. The molecule has 3 aromatic rings. The fraction of sp³-hybridized carbons (Fsp3) is 0.360. The van der Waals surface area contributed by atoms with Crippen molar-refractivity contribution in [3.05, 3.63) is 63.4 Å². The first-order chi connectivity index (χ1) is 16.5. The molecule has 1 saturated heterocycles. The molecule has 1 aromatic heterocycles. The van der Waals surface area contributed by atoms with Gasteiger partial charge in [0.05, 0.1) is 37.3 Å². The molecule has 35 heavy (non-hydrogen) atoms. The molecule has 7 nitrogen and oxygen atoms in total. The highest BCUT2D eigenvalue weighted by molar-refractivity contribution is 5.68. The number of aliphatic hydroxyl groups excluding tert-OH is 1. The highest BCUT2D eigenvalue weighted by Gasteiger charge is 2.36. The smallest absolute Gasteiger partial charge is 0.418 e. The van der Waals surface area contributed by atoms with Gasteiger partial charge in [-0.25, -0.2) is 0 Å². The number of nitrogens with zero attached hydrogens (tertiary/aromatic N) is 3. The van der Waals surface area contributed by atoms with Crippen molar-refractivity contribution in [3.8, 4) is 28.4 Å². The van der Waals surface area contributed by atoms with Crippen molar-refractivity contribution in [2.24, 2.45) is 0 Å². The van der Waals surface area contributed by atoms with Gasteiger partial charge in [0.2, 0.25) is 0 Å². The first-order valence-corrected chi connectivity index (χ1v) is 11.0. The molecule has 0 bridgehead atoms. The van der Waals surface area contributed by atoms with E-state index in [1.807, 2.05) is 0 Å². The second-order valence-electron chi connectivity index (χ2n) is 8.50. The molecule has 1 atom stereocenters. The van der Waals surface area contributed by atoms with Crippen molar-refractivity contribution in [3.63, 3.8) is 0 Å². The topological polar surface area (TPSA) is 76.8 Å². The monoisotopic (exact) mass is 489 g/mol. The van der Waals surface area contributed by atoms with Gasteiger partial charge in [-0.2, -0.15) is 23.0 Å². The lowest BCUT2D eigenvalue weighted by molar-refractivity contribution is -0.137. The first-order valence-electron chi connectivity index (χ1n) is 11.0. The summed E-state index contributed by atoms with van der Waals surface area (Å²) in [7, 11) is 2.98. The minimum Gasteiger partial charge on any atom is -0.497 e. The van der Waals surface area contributed by atoms with Crippen molar-refractivity contribution in [1.29, 1.82) is 0 Å². The van der Waals surface area contributed by atoms with Gasteiger partial charge >= 0.3 is 6.18 Å². The van der Waals surface area contributed by atoms with Crippen LogP contribution < -0.4 is 19.9 Å². The molecule has 186 valence electrons. The van der Waals surface area contributed by atoms with Gasteiger partial charge in [0.25, 0.3) is 5.56 Å². The van der Waals surface area contributed by atoms with E-state index in [9.17, 15) is 23.1 Å². The average molecular weight is 489 g/mol. The Hall–Kier alpha value is -3.53. The molecule has 0 unspecified atom stereocenters. The summed E-state index contributed by atoms with van der Waals surface area (Å²) in [6.07, 6.45) is -4.75. The van der Waals surface area contributed by atoms with Gasteiger partial charge in [-0.3, -0.25) is 4.79 Å². The third-order valence-corrected chi connectivity index (χ3v) is 6.30. The molecule has 1 aliphatic rings. The molecule has 0 spiro atoms. The molecule has 0 saturated carbocycles. The Labute approximate surface area is 200 Å². The number of rotatable bonds is 5. The zero-order valence-electron chi connectivity index (χ0n) is 19.8. The number of aromatic nitrogens is 2. The van der Waals surface area contributed by atoms with Gasteiger partial charge in [-0.1, -0.05) is 0 Å². The lowest BCUT2D eigenvalue weighted by atomic mass is 10.0. The number of benzene rings is 2. The van der Waals surface area contributed by atoms with E-state index in [0.717, 1.165) is 10.7 Å². The normalized spacial score (nSPS) is 16.0. The van der Waals surface area contributed by atoms with E-state index in [-0.39, 0.29) is 11.3 Å². The molecule has 1 fully saturated rings. The van der Waals surface area contributed by atoms with Gasteiger partial charge in [0.1, 0.15) is 11.5 Å². The number of anilines is 1. The Morgan fingerprint density at radius 3 is 2.23 bits per heavy atom. The zero-order chi connectivity index (χ0) is 25.5. The number of hydrogen-bond donors (Lipinski definition) is 1. The van der Waals surface area contributed by atoms with Gasteiger partial charge in [0, 0.05) is 36.0 Å². The third-order valence-electron chi connectivity index (χ3n) is 6.30. The SMILES string of the molecule is COc1cc(OC)cc(-c2nn(-c3cc(N4CC[C@H](O)C4)ccc3C(F)(F)F)c(=O)c(C)c2C)c1. The standard InChI is InChI=1S/C25H26F3N3O4/c1-14-15(2)24(33)31(29-23(14)16-9-19(34-3)12-20(10-16)35-4)22-11-17(30-8-7-18(32)13-30)5-6-21(22)25(26,27)28/h5-6,9-12,18,32H,7-8,13H2,1-4H3/t18-/m0/s1. The Kier molecular flexibility index (Phi) is 6.50. The van der Waals surface area contributed by atoms with Crippen molar-refractivity contribution >= 4 is 5.69 Å². The predicted molar refractivity (Wildman–Crippen MR) is 126 cm³/mol. The van der Waals surface area contributed by atoms with Crippen LogP contribution in [0.5, 0.6) is 11.5 Å². The molecule has 0 radical (unpaired) electrons. The zero-order valence-corrected chi connectivity index (χ0v) is 19.8. The summed E-state index contributed by atoms with van der Waals surface area (Å²) < 4.78 is 53.5. The van der Waals surface area contributed by atoms with E-state index in [0.29, 0.717) is 53.5 Å². The van der Waals surface area contributed by atoms with E-state index in [4.69, 9.17) is 9.47 Å². The van der Waals surface area contributed by atoms with Crippen LogP contribution in [0.4, 0.5) is 18.9 Å². The minimum atomic E-state index is -4.71. The average Bonchev–Trinajstić information content (AvgIpc) is 3.27. The molecule has 2 heterocycles. The number of methoxy groups -OCH3 is 2. The molecule has 0 aliphatic carbocycles. The lowest BCUT2D eigenvalue weighted by Crippen LogP contribution is -2.28. The fourth-order valence-corrected chi connectivity index (χ4v) is 4.21. The minimum absolute atomic E-state index is 0.270. The number of alkyl halides is 3. The van der Waals surface area contributed by atoms with Crippen LogP contribution in [0.25, 0.3) is 16.9 Å². The number of hydrogen-bond acceptors (Lipinski definition) is 6. The summed E-state index contributed by atoms with van der Waals surface area (Å²) in [6, 6.07) is 8.63. The van der Waals surface area contributed by atoms with E-state index < -0.39 is 23.4 Å². The number of halogens is 3. The highest BCUT2D eigenvalue weighted by Crippen LogP contribution is 2.37. The maximum absolute atomic E-state index is 14.0. The Morgan fingerprint density at radius 1 is 1.03 bits per heavy atom. The van der Waals surface area contributed by atoms with Crippen LogP contribution in [-0.4, -0.2) is 48.3 Å². The highest BCUT2D eigenvalue weighted by atomic mass is 19.4. The quantitative estimate of drug-likeness (QED) is 0.581. The Balaban J connectivity index is 1.97. The van der Waals surface area contributed by atoms with Crippen LogP contribution >= 0.6 is 0 Å². The Morgan fingerprint density at radius 2 is 1.69 bits per heavy atom. The van der Waals surface area contributed by atoms with Crippen LogP contribution in [0.1, 0.15) is 23.1 Å². The molecule has 2 aromatic carbocycles. The van der Waals surface area contributed by atoms with Crippen LogP contribution in [0.2, 0.25) is 0 Å². The van der Waals surface area contributed by atoms with Crippen molar-refractivity contribution in [2.75, 3.05) is 32.2 Å². The van der Waals surface area contributed by atoms with Crippen LogP contribution in [0, 0.1) is 13.8 Å². The van der Waals surface area contributed by atoms with E-state index >= 15 is 0 Å². The third kappa shape index (κ3) is 4.70. The second kappa shape index (κ2) is 9.26. The van der Waals surface area contributed by atoms with E-state index in [1.165, 1.54) is 26.4 Å². The van der Waals surface area contributed by atoms with Crippen molar-refractivity contribution in [2.45, 2.75) is 32.5 Å². The molecular formula is C25H26F3N3O4. The van der Waals surface area contributed by atoms with Crippen molar-refractivity contribution in [1.82, 2.24) is 9.78 Å². The van der Waals surface area contributed by atoms with Gasteiger partial charge in [-0.15, -0.1) is 0 Å². The molecule has 1 N–H and O–H groups in total. The van der Waals surface area contributed by atoms with Gasteiger partial charge in [-0.05, 0) is 56.2 Å². The summed E-state index contributed by atoms with van der Waals surface area (Å²) in [4.78, 5) is 15.0. The molecule has 4 rings (SSSR count). The molecule has 10 heteroatoms. The summed E-state index contributed by atoms with van der Waals surface area (Å²) in [5, 5.41) is 14.3. The maximum atomic E-state index is 14.0. The summed E-state index contributed by atoms with van der Waals surface area (Å²) in [5.41, 5.74) is 0.137. The van der Waals surface area contributed by atoms with Crippen LogP contribution in [0.15, 0.2) is 41.2 Å². The number of β-amino-alcohol motifs (C(OH)–C–C–N with tert-alkyl or cyclic N) is 1. The lowest BCUT2D eigenvalue weighted by Gasteiger charge is -2.22. The Bertz CT molecular complexity index is 1300. The maximum Gasteiger partial charge on any atom is 0.418 e. The van der Waals surface area contributed by atoms with E-state index in [2.05, 4.69) is 5.10 Å². The largest absolute Gasteiger partial charge is 0.497 e. The first kappa shape index (κ1) is 24.6. The van der Waals surface area contributed by atoms with Crippen molar-refractivity contribution < 1.29 is 27.8 Å². The number of ether oxygens (including phenoxy) is 2. The molecular weight excluding hydrogens is 463 g/mol. The van der Waals surface area contributed by atoms with E-state index in [1.54, 1.807) is 36.9 Å². The van der Waals surface area contributed by atoms with Gasteiger partial charge < -0.3 is 19.5 Å². The summed E-state index contributed by atoms with van der Waals surface area (Å²) in [5.74, 6) is 0.947. The summed E-state index contributed by atoms with van der Waals surface area (Å²) >= 11 is 0. The van der Waals surface area contributed by atoms with Gasteiger partial charge in [0.15, 0.2) is 0 Å². The fourth-order valence-electron chi connectivity index (χ4n) is 4.21. The molecule has 0 amide bonds. The van der Waals surface area contributed by atoms with Crippen LogP contribution in [0.3, 0.4) is 0 Å².